The van der Waals surface area contributed by atoms with Crippen molar-refractivity contribution in [1.82, 2.24) is 4.98 Å². The van der Waals surface area contributed by atoms with Gasteiger partial charge >= 0.3 is 6.18 Å². The topological polar surface area (TPSA) is 38.9 Å². The molecule has 2 rings (SSSR count). The second-order valence-electron chi connectivity index (χ2n) is 4.12. The number of nitrogens with zero attached hydrogens (tertiary/aromatic N) is 1. The summed E-state index contributed by atoms with van der Waals surface area (Å²) in [5, 5.41) is 0. The fourth-order valence-electron chi connectivity index (χ4n) is 1.70. The Bertz CT molecular complexity index is 607. The summed E-state index contributed by atoms with van der Waals surface area (Å²) in [7, 11) is 0. The number of hydrogen-bond acceptors (Lipinski definition) is 2. The molecule has 1 aromatic heterocycles. The smallest absolute Gasteiger partial charge is 0.319 e. The maximum absolute atomic E-state index is 13.2. The van der Waals surface area contributed by atoms with Crippen LogP contribution in [0.4, 0.5) is 22.0 Å². The zero-order valence-electron chi connectivity index (χ0n) is 9.96. The molecule has 2 N–H and O–H groups in total. The Hall–Kier alpha value is -2.02. The first-order valence-corrected chi connectivity index (χ1v) is 5.52. The molecule has 0 saturated heterocycles. The summed E-state index contributed by atoms with van der Waals surface area (Å²) < 4.78 is 63.7. The number of nitrogens with two attached hydrogens (primary N) is 1. The lowest BCUT2D eigenvalue weighted by molar-refractivity contribution is -0.140. The van der Waals surface area contributed by atoms with Crippen LogP contribution in [0, 0.1) is 11.6 Å². The Morgan fingerprint density at radius 3 is 2.30 bits per heavy atom. The summed E-state index contributed by atoms with van der Waals surface area (Å²) in [5.41, 5.74) is 4.58. The highest BCUT2D eigenvalue weighted by Crippen LogP contribution is 2.33. The van der Waals surface area contributed by atoms with Crippen LogP contribution in [-0.2, 0) is 6.18 Å². The molecular weight excluding hydrogens is 279 g/mol. The van der Waals surface area contributed by atoms with E-state index in [9.17, 15) is 22.0 Å². The van der Waals surface area contributed by atoms with E-state index in [1.807, 2.05) is 0 Å². The Balaban J connectivity index is 2.40. The Labute approximate surface area is 111 Å². The minimum absolute atomic E-state index is 0.0397. The van der Waals surface area contributed by atoms with E-state index in [0.717, 1.165) is 18.3 Å². The molecule has 0 spiro atoms. The summed E-state index contributed by atoms with van der Waals surface area (Å²) >= 11 is 0. The molecule has 20 heavy (non-hydrogen) atoms. The van der Waals surface area contributed by atoms with E-state index in [-0.39, 0.29) is 11.3 Å². The third-order valence-corrected chi connectivity index (χ3v) is 2.72. The fraction of sp³-hybridized carbons (Fsp3) is 0.154. The highest BCUT2D eigenvalue weighted by molar-refractivity contribution is 5.33. The normalized spacial score (nSPS) is 13.3. The van der Waals surface area contributed by atoms with Crippen molar-refractivity contribution in [1.29, 1.82) is 0 Å². The molecule has 1 aromatic carbocycles. The first-order chi connectivity index (χ1) is 9.29. The molecule has 0 aliphatic rings. The molecule has 0 radical (unpaired) electrons. The highest BCUT2D eigenvalue weighted by Gasteiger charge is 2.34. The second-order valence-corrected chi connectivity index (χ2v) is 4.12. The lowest BCUT2D eigenvalue weighted by atomic mass is 10.0. The quantitative estimate of drug-likeness (QED) is 0.860. The van der Waals surface area contributed by atoms with Crippen LogP contribution in [0.3, 0.4) is 0 Å². The van der Waals surface area contributed by atoms with Crippen molar-refractivity contribution < 1.29 is 22.0 Å². The molecule has 0 amide bonds. The summed E-state index contributed by atoms with van der Waals surface area (Å²) in [5.74, 6) is -1.96. The van der Waals surface area contributed by atoms with Gasteiger partial charge in [-0.3, -0.25) is 4.98 Å². The number of alkyl halides is 3. The van der Waals surface area contributed by atoms with Gasteiger partial charge in [0.05, 0.1) is 23.5 Å². The van der Waals surface area contributed by atoms with Crippen molar-refractivity contribution in [2.75, 3.05) is 0 Å². The summed E-state index contributed by atoms with van der Waals surface area (Å²) in [6.07, 6.45) is -3.90. The second kappa shape index (κ2) is 5.16. The van der Waals surface area contributed by atoms with Gasteiger partial charge in [-0.1, -0.05) is 6.07 Å². The number of rotatable bonds is 2. The number of hydrogen-bond donors (Lipinski definition) is 1. The van der Waals surface area contributed by atoms with E-state index >= 15 is 0 Å². The van der Waals surface area contributed by atoms with E-state index in [1.165, 1.54) is 6.07 Å². The van der Waals surface area contributed by atoms with E-state index in [2.05, 4.69) is 4.98 Å². The van der Waals surface area contributed by atoms with Crippen molar-refractivity contribution >= 4 is 0 Å². The fourth-order valence-corrected chi connectivity index (χ4v) is 1.70. The number of pyridine rings is 1. The molecular formula is C13H9F5N2. The zero-order chi connectivity index (χ0) is 14.9. The van der Waals surface area contributed by atoms with Gasteiger partial charge in [-0.05, 0) is 29.8 Å². The Morgan fingerprint density at radius 1 is 1.05 bits per heavy atom. The minimum atomic E-state index is -4.81. The molecule has 2 aromatic rings. The molecule has 7 heteroatoms. The van der Waals surface area contributed by atoms with Crippen LogP contribution in [0.15, 0.2) is 36.5 Å². The Kier molecular flexibility index (Phi) is 3.71. The van der Waals surface area contributed by atoms with Crippen LogP contribution in [-0.4, -0.2) is 4.98 Å². The highest BCUT2D eigenvalue weighted by atomic mass is 19.4. The molecule has 106 valence electrons. The molecule has 0 bridgehead atoms. The van der Waals surface area contributed by atoms with Crippen molar-refractivity contribution in [3.05, 3.63) is 65.0 Å². The molecule has 0 aliphatic heterocycles. The van der Waals surface area contributed by atoms with Gasteiger partial charge in [0.1, 0.15) is 11.6 Å². The molecule has 0 saturated carbocycles. The van der Waals surface area contributed by atoms with E-state index in [1.54, 1.807) is 0 Å². The summed E-state index contributed by atoms with van der Waals surface area (Å²) in [6.45, 7) is 0. The Morgan fingerprint density at radius 2 is 1.75 bits per heavy atom. The third kappa shape index (κ3) is 2.93. The van der Waals surface area contributed by atoms with Crippen LogP contribution in [0.5, 0.6) is 0 Å². The predicted molar refractivity (Wildman–Crippen MR) is 61.6 cm³/mol. The predicted octanol–water partition coefficient (Wildman–Crippen LogP) is 3.43. The lowest BCUT2D eigenvalue weighted by Gasteiger charge is -2.14. The summed E-state index contributed by atoms with van der Waals surface area (Å²) in [6, 6.07) is 3.82. The first kappa shape index (κ1) is 14.4. The van der Waals surface area contributed by atoms with E-state index in [0.29, 0.717) is 12.1 Å². The third-order valence-electron chi connectivity index (χ3n) is 2.72. The number of halogens is 5. The summed E-state index contributed by atoms with van der Waals surface area (Å²) in [4.78, 5) is 3.69. The average Bonchev–Trinajstić information content (AvgIpc) is 2.38. The standard InChI is InChI=1S/C13H9F5N2/c14-8-2-4-11(20-6-8)12(19)7-1-3-10(15)9(5-7)13(16,17)18/h1-6,12H,19H2. The molecule has 2 nitrogen and oxygen atoms in total. The van der Waals surface area contributed by atoms with Crippen LogP contribution < -0.4 is 5.73 Å². The van der Waals surface area contributed by atoms with Crippen LogP contribution in [0.2, 0.25) is 0 Å². The average molecular weight is 288 g/mol. The number of aromatic nitrogens is 1. The monoisotopic (exact) mass is 288 g/mol. The first-order valence-electron chi connectivity index (χ1n) is 5.52. The van der Waals surface area contributed by atoms with Gasteiger partial charge in [0.2, 0.25) is 0 Å². The molecule has 1 unspecified atom stereocenters. The van der Waals surface area contributed by atoms with Crippen molar-refractivity contribution in [3.8, 4) is 0 Å². The maximum Gasteiger partial charge on any atom is 0.419 e. The van der Waals surface area contributed by atoms with Crippen molar-refractivity contribution in [3.63, 3.8) is 0 Å². The molecule has 1 heterocycles. The largest absolute Gasteiger partial charge is 0.419 e. The van der Waals surface area contributed by atoms with Crippen LogP contribution >= 0.6 is 0 Å². The van der Waals surface area contributed by atoms with Crippen LogP contribution in [0.25, 0.3) is 0 Å². The van der Waals surface area contributed by atoms with Gasteiger partial charge in [0, 0.05) is 0 Å². The zero-order valence-corrected chi connectivity index (χ0v) is 9.96. The molecule has 1 atom stereocenters. The van der Waals surface area contributed by atoms with Gasteiger partial charge in [0.15, 0.2) is 0 Å². The molecule has 0 fully saturated rings. The van der Waals surface area contributed by atoms with Gasteiger partial charge < -0.3 is 5.73 Å². The SMILES string of the molecule is NC(c1ccc(F)c(C(F)(F)F)c1)c1ccc(F)cn1. The lowest BCUT2D eigenvalue weighted by Crippen LogP contribution is -2.16. The van der Waals surface area contributed by atoms with Crippen LogP contribution in [0.1, 0.15) is 22.9 Å². The van der Waals surface area contributed by atoms with E-state index in [4.69, 9.17) is 5.73 Å². The molecule has 0 aliphatic carbocycles. The van der Waals surface area contributed by atoms with Gasteiger partial charge in [-0.15, -0.1) is 0 Å². The van der Waals surface area contributed by atoms with Gasteiger partial charge in [-0.25, -0.2) is 8.78 Å². The minimum Gasteiger partial charge on any atom is -0.319 e. The van der Waals surface area contributed by atoms with Gasteiger partial charge in [-0.2, -0.15) is 13.2 Å². The van der Waals surface area contributed by atoms with Gasteiger partial charge in [0.25, 0.3) is 0 Å². The maximum atomic E-state index is 13.2. The number of benzene rings is 1. The van der Waals surface area contributed by atoms with Crippen molar-refractivity contribution in [2.24, 2.45) is 5.73 Å². The van der Waals surface area contributed by atoms with E-state index < -0.39 is 29.4 Å². The van der Waals surface area contributed by atoms with Crippen molar-refractivity contribution in [2.45, 2.75) is 12.2 Å².